The summed E-state index contributed by atoms with van der Waals surface area (Å²) in [6.45, 7) is 5.20. The zero-order valence-corrected chi connectivity index (χ0v) is 13.7. The van der Waals surface area contributed by atoms with Gasteiger partial charge in [-0.15, -0.1) is 0 Å². The minimum absolute atomic E-state index is 0.0237. The maximum absolute atomic E-state index is 12.0. The number of carbonyl (C=O) groups is 2. The smallest absolute Gasteiger partial charge is 0.319 e. The van der Waals surface area contributed by atoms with E-state index in [0.717, 1.165) is 12.8 Å². The van der Waals surface area contributed by atoms with Gasteiger partial charge < -0.3 is 15.5 Å². The second-order valence-corrected chi connectivity index (χ2v) is 6.30. The van der Waals surface area contributed by atoms with Crippen LogP contribution in [0.2, 0.25) is 5.02 Å². The molecule has 120 valence electrons. The van der Waals surface area contributed by atoms with E-state index in [-0.39, 0.29) is 23.9 Å². The van der Waals surface area contributed by atoms with Crippen molar-refractivity contribution in [2.75, 3.05) is 18.4 Å². The molecule has 0 bridgehead atoms. The predicted molar refractivity (Wildman–Crippen MR) is 88.0 cm³/mol. The van der Waals surface area contributed by atoms with Crippen molar-refractivity contribution < 1.29 is 9.59 Å². The molecule has 1 heterocycles. The van der Waals surface area contributed by atoms with Crippen LogP contribution in [0.3, 0.4) is 0 Å². The van der Waals surface area contributed by atoms with E-state index in [9.17, 15) is 9.59 Å². The molecule has 0 aliphatic carbocycles. The summed E-state index contributed by atoms with van der Waals surface area (Å²) in [5, 5.41) is 6.29. The van der Waals surface area contributed by atoms with Gasteiger partial charge in [-0.05, 0) is 31.0 Å². The van der Waals surface area contributed by atoms with Crippen molar-refractivity contribution in [2.45, 2.75) is 32.7 Å². The highest BCUT2D eigenvalue weighted by molar-refractivity contribution is 6.30. The number of hydrogen-bond donors (Lipinski definition) is 2. The lowest BCUT2D eigenvalue weighted by molar-refractivity contribution is -0.135. The van der Waals surface area contributed by atoms with Gasteiger partial charge in [-0.3, -0.25) is 4.79 Å². The summed E-state index contributed by atoms with van der Waals surface area (Å²) in [6.07, 6.45) is 1.56. The average molecular weight is 324 g/mol. The molecule has 0 spiro atoms. The van der Waals surface area contributed by atoms with Crippen LogP contribution in [0.15, 0.2) is 24.3 Å². The van der Waals surface area contributed by atoms with Gasteiger partial charge >= 0.3 is 6.03 Å². The topological polar surface area (TPSA) is 61.4 Å². The van der Waals surface area contributed by atoms with Crippen LogP contribution in [-0.2, 0) is 4.79 Å². The van der Waals surface area contributed by atoms with E-state index in [1.807, 2.05) is 18.7 Å². The number of hydrogen-bond acceptors (Lipinski definition) is 2. The molecular formula is C16H22ClN3O2. The van der Waals surface area contributed by atoms with Gasteiger partial charge in [0.1, 0.15) is 0 Å². The molecule has 0 radical (unpaired) electrons. The number of amides is 3. The molecule has 0 atom stereocenters. The van der Waals surface area contributed by atoms with Crippen LogP contribution in [0.25, 0.3) is 0 Å². The van der Waals surface area contributed by atoms with Gasteiger partial charge in [0.2, 0.25) is 5.91 Å². The van der Waals surface area contributed by atoms with Gasteiger partial charge in [-0.2, -0.15) is 0 Å². The Kier molecular flexibility index (Phi) is 5.66. The van der Waals surface area contributed by atoms with Crippen LogP contribution in [0.1, 0.15) is 26.7 Å². The van der Waals surface area contributed by atoms with E-state index in [4.69, 9.17) is 11.6 Å². The third-order valence-corrected chi connectivity index (χ3v) is 3.95. The number of halogens is 1. The number of rotatable bonds is 3. The van der Waals surface area contributed by atoms with Gasteiger partial charge in [-0.1, -0.05) is 31.5 Å². The van der Waals surface area contributed by atoms with Crippen molar-refractivity contribution in [3.63, 3.8) is 0 Å². The number of urea groups is 1. The minimum atomic E-state index is -0.240. The molecule has 3 amide bonds. The zero-order valence-electron chi connectivity index (χ0n) is 12.9. The van der Waals surface area contributed by atoms with Crippen LogP contribution >= 0.6 is 11.6 Å². The lowest BCUT2D eigenvalue weighted by atomic mass is 10.0. The highest BCUT2D eigenvalue weighted by Gasteiger charge is 2.25. The number of benzene rings is 1. The fourth-order valence-electron chi connectivity index (χ4n) is 2.53. The van der Waals surface area contributed by atoms with Crippen molar-refractivity contribution in [1.29, 1.82) is 0 Å². The Morgan fingerprint density at radius 1 is 1.27 bits per heavy atom. The fourth-order valence-corrected chi connectivity index (χ4v) is 2.72. The third-order valence-electron chi connectivity index (χ3n) is 3.72. The lowest BCUT2D eigenvalue weighted by Gasteiger charge is -2.33. The highest BCUT2D eigenvalue weighted by atomic mass is 35.5. The first-order valence-electron chi connectivity index (χ1n) is 7.57. The van der Waals surface area contributed by atoms with E-state index in [1.165, 1.54) is 0 Å². The summed E-state index contributed by atoms with van der Waals surface area (Å²) in [5.41, 5.74) is 0.664. The second kappa shape index (κ2) is 7.49. The van der Waals surface area contributed by atoms with E-state index < -0.39 is 0 Å². The summed E-state index contributed by atoms with van der Waals surface area (Å²) < 4.78 is 0. The lowest BCUT2D eigenvalue weighted by Crippen LogP contribution is -2.48. The molecule has 22 heavy (non-hydrogen) atoms. The SMILES string of the molecule is CC(C)C(=O)N1CCC(NC(=O)Nc2cccc(Cl)c2)CC1. The molecule has 2 rings (SSSR count). The Morgan fingerprint density at radius 3 is 2.55 bits per heavy atom. The normalized spacial score (nSPS) is 15.7. The predicted octanol–water partition coefficient (Wildman–Crippen LogP) is 3.11. The van der Waals surface area contributed by atoms with E-state index in [0.29, 0.717) is 23.8 Å². The number of likely N-dealkylation sites (tertiary alicyclic amines) is 1. The van der Waals surface area contributed by atoms with E-state index >= 15 is 0 Å². The molecule has 2 N–H and O–H groups in total. The molecule has 1 aromatic carbocycles. The first-order valence-corrected chi connectivity index (χ1v) is 7.95. The van der Waals surface area contributed by atoms with Gasteiger partial charge in [-0.25, -0.2) is 4.79 Å². The van der Waals surface area contributed by atoms with Crippen LogP contribution in [0.5, 0.6) is 0 Å². The van der Waals surface area contributed by atoms with Crippen LogP contribution in [0.4, 0.5) is 10.5 Å². The summed E-state index contributed by atoms with van der Waals surface area (Å²) in [7, 11) is 0. The molecule has 1 fully saturated rings. The number of nitrogens with one attached hydrogen (secondary N) is 2. The quantitative estimate of drug-likeness (QED) is 0.897. The van der Waals surface area contributed by atoms with Crippen LogP contribution in [-0.4, -0.2) is 36.0 Å². The molecule has 1 aliphatic rings. The molecule has 6 heteroatoms. The Bertz CT molecular complexity index is 540. The summed E-state index contributed by atoms with van der Waals surface area (Å²) in [6, 6.07) is 6.88. The summed E-state index contributed by atoms with van der Waals surface area (Å²) >= 11 is 5.88. The second-order valence-electron chi connectivity index (χ2n) is 5.86. The molecule has 0 saturated carbocycles. The molecule has 5 nitrogen and oxygen atoms in total. The summed E-state index contributed by atoms with van der Waals surface area (Å²) in [5.74, 6) is 0.206. The van der Waals surface area contributed by atoms with Crippen LogP contribution in [0, 0.1) is 5.92 Å². The van der Waals surface area contributed by atoms with Gasteiger partial charge in [0.05, 0.1) is 0 Å². The third kappa shape index (κ3) is 4.63. The largest absolute Gasteiger partial charge is 0.342 e. The van der Waals surface area contributed by atoms with Crippen molar-refractivity contribution in [3.8, 4) is 0 Å². The van der Waals surface area contributed by atoms with Gasteiger partial charge in [0.15, 0.2) is 0 Å². The van der Waals surface area contributed by atoms with Crippen molar-refractivity contribution >= 4 is 29.2 Å². The van der Waals surface area contributed by atoms with Crippen molar-refractivity contribution in [2.24, 2.45) is 5.92 Å². The minimum Gasteiger partial charge on any atom is -0.342 e. The average Bonchev–Trinajstić information content (AvgIpc) is 2.47. The van der Waals surface area contributed by atoms with E-state index in [1.54, 1.807) is 24.3 Å². The number of piperidine rings is 1. The Hall–Kier alpha value is -1.75. The molecule has 1 saturated heterocycles. The Labute approximate surface area is 136 Å². The number of carbonyl (C=O) groups excluding carboxylic acids is 2. The standard InChI is InChI=1S/C16H22ClN3O2/c1-11(2)15(21)20-8-6-13(7-9-20)18-16(22)19-14-5-3-4-12(17)10-14/h3-5,10-11,13H,6-9H2,1-2H3,(H2,18,19,22). The fraction of sp³-hybridized carbons (Fsp3) is 0.500. The van der Waals surface area contributed by atoms with Crippen molar-refractivity contribution in [1.82, 2.24) is 10.2 Å². The Morgan fingerprint density at radius 2 is 1.95 bits per heavy atom. The van der Waals surface area contributed by atoms with Gasteiger partial charge in [0, 0.05) is 35.8 Å². The van der Waals surface area contributed by atoms with Crippen molar-refractivity contribution in [3.05, 3.63) is 29.3 Å². The van der Waals surface area contributed by atoms with Crippen LogP contribution < -0.4 is 10.6 Å². The first kappa shape index (κ1) is 16.6. The first-order chi connectivity index (χ1) is 10.5. The molecular weight excluding hydrogens is 302 g/mol. The molecule has 0 aromatic heterocycles. The summed E-state index contributed by atoms with van der Waals surface area (Å²) in [4.78, 5) is 25.8. The molecule has 1 aliphatic heterocycles. The maximum Gasteiger partial charge on any atom is 0.319 e. The van der Waals surface area contributed by atoms with Gasteiger partial charge in [0.25, 0.3) is 0 Å². The zero-order chi connectivity index (χ0) is 16.1. The number of nitrogens with zero attached hydrogens (tertiary/aromatic N) is 1. The highest BCUT2D eigenvalue weighted by Crippen LogP contribution is 2.16. The molecule has 1 aromatic rings. The monoisotopic (exact) mass is 323 g/mol. The Balaban J connectivity index is 1.78. The van der Waals surface area contributed by atoms with E-state index in [2.05, 4.69) is 10.6 Å². The maximum atomic E-state index is 12.0. The number of anilines is 1. The molecule has 0 unspecified atom stereocenters.